The van der Waals surface area contributed by atoms with Gasteiger partial charge in [-0.3, -0.25) is 9.48 Å². The van der Waals surface area contributed by atoms with E-state index in [4.69, 9.17) is 18.0 Å². The molecule has 0 unspecified atom stereocenters. The van der Waals surface area contributed by atoms with E-state index in [1.54, 1.807) is 11.7 Å². The number of amides is 1. The number of thiocarbonyl (C=S) groups is 1. The summed E-state index contributed by atoms with van der Waals surface area (Å²) in [6.07, 6.45) is 0.812. The lowest BCUT2D eigenvalue weighted by atomic mass is 10.3. The van der Waals surface area contributed by atoms with E-state index in [-0.39, 0.29) is 12.5 Å². The van der Waals surface area contributed by atoms with Crippen molar-refractivity contribution in [1.82, 2.24) is 14.7 Å². The Hall–Kier alpha value is -1.43. The zero-order chi connectivity index (χ0) is 13.0. The molecule has 6 heteroatoms. The predicted octanol–water partition coefficient (Wildman–Crippen LogP) is 0.823. The van der Waals surface area contributed by atoms with Gasteiger partial charge >= 0.3 is 0 Å². The maximum atomic E-state index is 12.1. The second-order valence-electron chi connectivity index (χ2n) is 3.82. The summed E-state index contributed by atoms with van der Waals surface area (Å²) in [5.41, 5.74) is 6.93. The lowest BCUT2D eigenvalue weighted by Crippen LogP contribution is -2.35. The Labute approximate surface area is 107 Å². The molecule has 0 radical (unpaired) electrons. The molecule has 0 fully saturated rings. The molecular formula is C11H18N4OS. The number of rotatable bonds is 5. The van der Waals surface area contributed by atoms with Crippen LogP contribution in [0.15, 0.2) is 6.07 Å². The highest BCUT2D eigenvalue weighted by molar-refractivity contribution is 7.80. The molecule has 0 saturated carbocycles. The molecule has 0 spiro atoms. The molecule has 0 atom stereocenters. The molecule has 1 rings (SSSR count). The lowest BCUT2D eigenvalue weighted by molar-refractivity contribution is 0.0803. The summed E-state index contributed by atoms with van der Waals surface area (Å²) in [5, 5.41) is 4.33. The third kappa shape index (κ3) is 3.26. The van der Waals surface area contributed by atoms with Crippen LogP contribution >= 0.6 is 12.2 Å². The first-order valence-corrected chi connectivity index (χ1v) is 6.00. The summed E-state index contributed by atoms with van der Waals surface area (Å²) in [4.78, 5) is 13.9. The summed E-state index contributed by atoms with van der Waals surface area (Å²) in [6.45, 7) is 4.92. The number of aryl methyl sites for hydroxylation is 2. The van der Waals surface area contributed by atoms with Gasteiger partial charge in [-0.1, -0.05) is 19.1 Å². The minimum absolute atomic E-state index is 0.105. The molecule has 5 nitrogen and oxygen atoms in total. The summed E-state index contributed by atoms with van der Waals surface area (Å²) >= 11 is 4.79. The van der Waals surface area contributed by atoms with Gasteiger partial charge in [0.15, 0.2) is 0 Å². The number of carbonyl (C=O) groups is 1. The van der Waals surface area contributed by atoms with Crippen LogP contribution in [0.5, 0.6) is 0 Å². The number of hydrogen-bond donors (Lipinski definition) is 1. The molecule has 0 aliphatic carbocycles. The maximum Gasteiger partial charge on any atom is 0.272 e. The first kappa shape index (κ1) is 13.6. The smallest absolute Gasteiger partial charge is 0.272 e. The Bertz CT molecular complexity index is 427. The van der Waals surface area contributed by atoms with Gasteiger partial charge in [0.25, 0.3) is 5.91 Å². The van der Waals surface area contributed by atoms with Crippen molar-refractivity contribution < 1.29 is 4.79 Å². The van der Waals surface area contributed by atoms with Crippen LogP contribution < -0.4 is 5.73 Å². The van der Waals surface area contributed by atoms with Crippen LogP contribution in [0, 0.1) is 0 Å². The van der Waals surface area contributed by atoms with Crippen LogP contribution in [0.4, 0.5) is 0 Å². The number of nitrogens with zero attached hydrogens (tertiary/aromatic N) is 3. The number of hydrogen-bond acceptors (Lipinski definition) is 3. The number of carbonyl (C=O) groups excluding carboxylic acids is 1. The Balaban J connectivity index is 2.94. The normalized spacial score (nSPS) is 10.3. The Kier molecular flexibility index (Phi) is 4.62. The molecule has 1 aromatic rings. The number of aromatic nitrogens is 2. The number of likely N-dealkylation sites (N-methyl/N-ethyl adjacent to an activating group) is 1. The van der Waals surface area contributed by atoms with E-state index in [0.717, 1.165) is 12.1 Å². The highest BCUT2D eigenvalue weighted by atomic mass is 32.1. The number of nitrogens with two attached hydrogens (primary N) is 1. The van der Waals surface area contributed by atoms with Gasteiger partial charge in [0.2, 0.25) is 0 Å². The third-order valence-corrected chi connectivity index (χ3v) is 2.58. The SMILES string of the molecule is CCc1cc(C(=O)N(C)CC(N)=S)n(CC)n1. The van der Waals surface area contributed by atoms with Crippen LogP contribution in [-0.2, 0) is 13.0 Å². The fourth-order valence-corrected chi connectivity index (χ4v) is 1.75. The topological polar surface area (TPSA) is 64.2 Å². The molecule has 0 saturated heterocycles. The third-order valence-electron chi connectivity index (χ3n) is 2.45. The van der Waals surface area contributed by atoms with Crippen molar-refractivity contribution in [3.05, 3.63) is 17.5 Å². The lowest BCUT2D eigenvalue weighted by Gasteiger charge is -2.16. The van der Waals surface area contributed by atoms with Crippen LogP contribution in [0.1, 0.15) is 30.0 Å². The van der Waals surface area contributed by atoms with Gasteiger partial charge < -0.3 is 10.6 Å². The molecule has 0 bridgehead atoms. The molecule has 1 aromatic heterocycles. The van der Waals surface area contributed by atoms with Gasteiger partial charge in [-0.15, -0.1) is 0 Å². The van der Waals surface area contributed by atoms with E-state index in [1.807, 2.05) is 19.9 Å². The highest BCUT2D eigenvalue weighted by Gasteiger charge is 2.18. The predicted molar refractivity (Wildman–Crippen MR) is 71.0 cm³/mol. The van der Waals surface area contributed by atoms with E-state index < -0.39 is 0 Å². The first-order valence-electron chi connectivity index (χ1n) is 5.60. The average Bonchev–Trinajstić information content (AvgIpc) is 2.70. The summed E-state index contributed by atoms with van der Waals surface area (Å²) in [6, 6.07) is 1.82. The zero-order valence-corrected chi connectivity index (χ0v) is 11.3. The maximum absolute atomic E-state index is 12.1. The molecular weight excluding hydrogens is 236 g/mol. The van der Waals surface area contributed by atoms with Crippen LogP contribution in [0.2, 0.25) is 0 Å². The second kappa shape index (κ2) is 5.77. The van der Waals surface area contributed by atoms with Crippen LogP contribution in [-0.4, -0.2) is 39.2 Å². The van der Waals surface area contributed by atoms with E-state index in [1.165, 1.54) is 4.90 Å². The summed E-state index contributed by atoms with van der Waals surface area (Å²) < 4.78 is 1.71. The van der Waals surface area contributed by atoms with Crippen molar-refractivity contribution in [3.8, 4) is 0 Å². The van der Waals surface area contributed by atoms with Crippen LogP contribution in [0.3, 0.4) is 0 Å². The van der Waals surface area contributed by atoms with Gasteiger partial charge in [0, 0.05) is 13.6 Å². The van der Waals surface area contributed by atoms with Crippen molar-refractivity contribution >= 4 is 23.1 Å². The minimum Gasteiger partial charge on any atom is -0.392 e. The standard InChI is InChI=1S/C11H18N4OS/c1-4-8-6-9(15(5-2)13-8)11(16)14(3)7-10(12)17/h6H,4-5,7H2,1-3H3,(H2,12,17). The van der Waals surface area contributed by atoms with Gasteiger partial charge in [-0.25, -0.2) is 0 Å². The Morgan fingerprint density at radius 1 is 1.59 bits per heavy atom. The molecule has 94 valence electrons. The monoisotopic (exact) mass is 254 g/mol. The van der Waals surface area contributed by atoms with Gasteiger partial charge in [-0.05, 0) is 19.4 Å². The van der Waals surface area contributed by atoms with E-state index in [0.29, 0.717) is 17.2 Å². The molecule has 0 aliphatic heterocycles. The molecule has 17 heavy (non-hydrogen) atoms. The van der Waals surface area contributed by atoms with Crippen LogP contribution in [0.25, 0.3) is 0 Å². The van der Waals surface area contributed by atoms with E-state index >= 15 is 0 Å². The fraction of sp³-hybridized carbons (Fsp3) is 0.545. The van der Waals surface area contributed by atoms with Gasteiger partial charge in [0.1, 0.15) is 5.69 Å². The van der Waals surface area contributed by atoms with Crippen molar-refractivity contribution in [2.45, 2.75) is 26.8 Å². The van der Waals surface area contributed by atoms with Crippen molar-refractivity contribution in [1.29, 1.82) is 0 Å². The van der Waals surface area contributed by atoms with Crippen molar-refractivity contribution in [2.24, 2.45) is 5.73 Å². The second-order valence-corrected chi connectivity index (χ2v) is 4.34. The van der Waals surface area contributed by atoms with E-state index in [9.17, 15) is 4.79 Å². The first-order chi connectivity index (χ1) is 7.99. The zero-order valence-electron chi connectivity index (χ0n) is 10.4. The quantitative estimate of drug-likeness (QED) is 0.790. The molecule has 0 aromatic carbocycles. The molecule has 2 N–H and O–H groups in total. The largest absolute Gasteiger partial charge is 0.392 e. The average molecular weight is 254 g/mol. The highest BCUT2D eigenvalue weighted by Crippen LogP contribution is 2.08. The summed E-state index contributed by atoms with van der Waals surface area (Å²) in [5.74, 6) is -0.105. The fourth-order valence-electron chi connectivity index (χ4n) is 1.56. The molecule has 1 amide bonds. The van der Waals surface area contributed by atoms with E-state index in [2.05, 4.69) is 5.10 Å². The summed E-state index contributed by atoms with van der Waals surface area (Å²) in [7, 11) is 1.68. The van der Waals surface area contributed by atoms with Gasteiger partial charge in [-0.2, -0.15) is 5.10 Å². The Morgan fingerprint density at radius 2 is 2.24 bits per heavy atom. The Morgan fingerprint density at radius 3 is 2.71 bits per heavy atom. The van der Waals surface area contributed by atoms with Gasteiger partial charge in [0.05, 0.1) is 17.2 Å². The van der Waals surface area contributed by atoms with Crippen molar-refractivity contribution in [3.63, 3.8) is 0 Å². The molecule has 0 aliphatic rings. The van der Waals surface area contributed by atoms with Crippen molar-refractivity contribution in [2.75, 3.05) is 13.6 Å². The minimum atomic E-state index is -0.105. The molecule has 1 heterocycles.